The minimum absolute atomic E-state index is 0.0277. The van der Waals surface area contributed by atoms with Gasteiger partial charge in [-0.2, -0.15) is 0 Å². The molecule has 0 aliphatic rings. The van der Waals surface area contributed by atoms with Gasteiger partial charge in [-0.05, 0) is 58.4 Å². The molecule has 0 saturated heterocycles. The SMILES string of the molecule is COc1ccc(S(=O)(=O)NC(=O)c2cc3c(Br)ccc(Br)c3[nH]2)cc1. The van der Waals surface area contributed by atoms with Gasteiger partial charge in [-0.3, -0.25) is 4.79 Å². The highest BCUT2D eigenvalue weighted by molar-refractivity contribution is 9.11. The number of methoxy groups -OCH3 is 1. The van der Waals surface area contributed by atoms with Crippen LogP contribution in [0.25, 0.3) is 10.9 Å². The second-order valence-electron chi connectivity index (χ2n) is 5.11. The predicted molar refractivity (Wildman–Crippen MR) is 101 cm³/mol. The predicted octanol–water partition coefficient (Wildman–Crippen LogP) is 3.82. The Morgan fingerprint density at radius 3 is 2.32 bits per heavy atom. The Bertz CT molecular complexity index is 1020. The minimum Gasteiger partial charge on any atom is -0.497 e. The molecule has 1 heterocycles. The molecule has 3 rings (SSSR count). The van der Waals surface area contributed by atoms with E-state index in [1.807, 2.05) is 12.1 Å². The molecule has 0 atom stereocenters. The van der Waals surface area contributed by atoms with Crippen LogP contribution in [-0.4, -0.2) is 26.4 Å². The maximum absolute atomic E-state index is 12.4. The number of aromatic amines is 1. The summed E-state index contributed by atoms with van der Waals surface area (Å²) in [5.41, 5.74) is 0.834. The molecule has 1 amide bonds. The first-order valence-corrected chi connectivity index (χ1v) is 10.1. The fourth-order valence-corrected chi connectivity index (χ4v) is 4.12. The summed E-state index contributed by atoms with van der Waals surface area (Å²) >= 11 is 6.79. The average Bonchev–Trinajstić information content (AvgIpc) is 3.05. The number of aromatic nitrogens is 1. The lowest BCUT2D eigenvalue weighted by Gasteiger charge is -2.06. The molecule has 1 aromatic heterocycles. The number of hydrogen-bond acceptors (Lipinski definition) is 4. The molecular weight excluding hydrogens is 476 g/mol. The van der Waals surface area contributed by atoms with Crippen LogP contribution in [0.5, 0.6) is 5.75 Å². The van der Waals surface area contributed by atoms with E-state index in [0.717, 1.165) is 14.3 Å². The van der Waals surface area contributed by atoms with Gasteiger partial charge in [-0.25, -0.2) is 13.1 Å². The molecule has 9 heteroatoms. The fraction of sp³-hybridized carbons (Fsp3) is 0.0625. The number of nitrogens with one attached hydrogen (secondary N) is 2. The third-order valence-electron chi connectivity index (χ3n) is 3.53. The molecular formula is C16H12Br2N2O4S. The zero-order chi connectivity index (χ0) is 18.2. The summed E-state index contributed by atoms with van der Waals surface area (Å²) in [7, 11) is -2.51. The molecule has 0 saturated carbocycles. The number of carbonyl (C=O) groups excluding carboxylic acids is 1. The van der Waals surface area contributed by atoms with Gasteiger partial charge in [0, 0.05) is 14.3 Å². The van der Waals surface area contributed by atoms with E-state index in [9.17, 15) is 13.2 Å². The monoisotopic (exact) mass is 486 g/mol. The lowest BCUT2D eigenvalue weighted by Crippen LogP contribution is -2.30. The van der Waals surface area contributed by atoms with E-state index in [1.165, 1.54) is 31.4 Å². The maximum Gasteiger partial charge on any atom is 0.281 e. The van der Waals surface area contributed by atoms with Gasteiger partial charge in [0.05, 0.1) is 17.5 Å². The van der Waals surface area contributed by atoms with Crippen LogP contribution in [-0.2, 0) is 10.0 Å². The number of sulfonamides is 1. The van der Waals surface area contributed by atoms with Crippen molar-refractivity contribution in [3.05, 3.63) is 57.1 Å². The van der Waals surface area contributed by atoms with E-state index in [4.69, 9.17) is 4.74 Å². The summed E-state index contributed by atoms with van der Waals surface area (Å²) in [6.07, 6.45) is 0. The Morgan fingerprint density at radius 2 is 1.72 bits per heavy atom. The van der Waals surface area contributed by atoms with E-state index in [-0.39, 0.29) is 10.6 Å². The van der Waals surface area contributed by atoms with E-state index in [1.54, 1.807) is 6.07 Å². The number of benzene rings is 2. The first kappa shape index (κ1) is 18.0. The molecule has 0 radical (unpaired) electrons. The van der Waals surface area contributed by atoms with Crippen LogP contribution >= 0.6 is 31.9 Å². The van der Waals surface area contributed by atoms with Crippen LogP contribution in [0, 0.1) is 0 Å². The molecule has 0 aliphatic heterocycles. The smallest absolute Gasteiger partial charge is 0.281 e. The number of halogens is 2. The van der Waals surface area contributed by atoms with Crippen molar-refractivity contribution in [1.29, 1.82) is 0 Å². The Morgan fingerprint density at radius 1 is 1.08 bits per heavy atom. The number of H-pyrrole nitrogens is 1. The molecule has 3 aromatic rings. The molecule has 6 nitrogen and oxygen atoms in total. The Kier molecular flexibility index (Phi) is 4.90. The molecule has 0 spiro atoms. The van der Waals surface area contributed by atoms with Crippen molar-refractivity contribution in [1.82, 2.24) is 9.71 Å². The lowest BCUT2D eigenvalue weighted by atomic mass is 10.2. The van der Waals surface area contributed by atoms with Crippen LogP contribution in [0.15, 0.2) is 56.3 Å². The quantitative estimate of drug-likeness (QED) is 0.585. The van der Waals surface area contributed by atoms with Gasteiger partial charge < -0.3 is 9.72 Å². The molecule has 0 fully saturated rings. The number of rotatable bonds is 4. The third-order valence-corrected chi connectivity index (χ3v) is 6.23. The van der Waals surface area contributed by atoms with Crippen molar-refractivity contribution < 1.29 is 17.9 Å². The van der Waals surface area contributed by atoms with Gasteiger partial charge in [-0.1, -0.05) is 15.9 Å². The van der Waals surface area contributed by atoms with Crippen molar-refractivity contribution in [3.63, 3.8) is 0 Å². The summed E-state index contributed by atoms with van der Waals surface area (Å²) in [5.74, 6) is -0.221. The summed E-state index contributed by atoms with van der Waals surface area (Å²) in [5, 5.41) is 0.765. The fourth-order valence-electron chi connectivity index (χ4n) is 2.26. The third kappa shape index (κ3) is 3.58. The van der Waals surface area contributed by atoms with Gasteiger partial charge in [-0.15, -0.1) is 0 Å². The summed E-state index contributed by atoms with van der Waals surface area (Å²) < 4.78 is 33.3. The normalized spacial score (nSPS) is 11.5. The number of amides is 1. The van der Waals surface area contributed by atoms with Crippen LogP contribution in [0.4, 0.5) is 0 Å². The zero-order valence-electron chi connectivity index (χ0n) is 12.8. The lowest BCUT2D eigenvalue weighted by molar-refractivity contribution is 0.0977. The van der Waals surface area contributed by atoms with E-state index in [0.29, 0.717) is 11.3 Å². The summed E-state index contributed by atoms with van der Waals surface area (Å²) in [4.78, 5) is 15.3. The standard InChI is InChI=1S/C16H12Br2N2O4S/c1-24-9-2-4-10(5-3-9)25(22,23)20-16(21)14-8-11-12(17)6-7-13(18)15(11)19-14/h2-8,19H,1H3,(H,20,21). The number of carbonyl (C=O) groups is 1. The van der Waals surface area contributed by atoms with Crippen molar-refractivity contribution in [3.8, 4) is 5.75 Å². The van der Waals surface area contributed by atoms with Crippen molar-refractivity contribution in [2.24, 2.45) is 0 Å². The Hall–Kier alpha value is -1.84. The highest BCUT2D eigenvalue weighted by atomic mass is 79.9. The molecule has 0 unspecified atom stereocenters. The first-order valence-electron chi connectivity index (χ1n) is 7.00. The van der Waals surface area contributed by atoms with E-state index < -0.39 is 15.9 Å². The Labute approximate surface area is 160 Å². The molecule has 2 N–H and O–H groups in total. The zero-order valence-corrected chi connectivity index (χ0v) is 16.8. The van der Waals surface area contributed by atoms with Crippen LogP contribution in [0.2, 0.25) is 0 Å². The molecule has 130 valence electrons. The summed E-state index contributed by atoms with van der Waals surface area (Å²) in [6.45, 7) is 0. The summed E-state index contributed by atoms with van der Waals surface area (Å²) in [6, 6.07) is 11.0. The van der Waals surface area contributed by atoms with Crippen LogP contribution in [0.1, 0.15) is 10.5 Å². The van der Waals surface area contributed by atoms with Gasteiger partial charge >= 0.3 is 0 Å². The van der Waals surface area contributed by atoms with Gasteiger partial charge in [0.2, 0.25) is 0 Å². The number of hydrogen-bond donors (Lipinski definition) is 2. The maximum atomic E-state index is 12.4. The number of ether oxygens (including phenoxy) is 1. The van der Waals surface area contributed by atoms with Gasteiger partial charge in [0.25, 0.3) is 15.9 Å². The van der Waals surface area contributed by atoms with Gasteiger partial charge in [0.15, 0.2) is 0 Å². The number of fused-ring (bicyclic) bond motifs is 1. The second-order valence-corrected chi connectivity index (χ2v) is 8.50. The van der Waals surface area contributed by atoms with Crippen LogP contribution in [0.3, 0.4) is 0 Å². The molecule has 0 aliphatic carbocycles. The highest BCUT2D eigenvalue weighted by Crippen LogP contribution is 2.30. The van der Waals surface area contributed by atoms with Crippen molar-refractivity contribution in [2.45, 2.75) is 4.90 Å². The van der Waals surface area contributed by atoms with Crippen molar-refractivity contribution in [2.75, 3.05) is 7.11 Å². The molecule has 0 bridgehead atoms. The molecule has 2 aromatic carbocycles. The molecule has 25 heavy (non-hydrogen) atoms. The topological polar surface area (TPSA) is 88.3 Å². The Balaban J connectivity index is 1.90. The average molecular weight is 488 g/mol. The first-order chi connectivity index (χ1) is 11.8. The van der Waals surface area contributed by atoms with E-state index >= 15 is 0 Å². The minimum atomic E-state index is -3.99. The second kappa shape index (κ2) is 6.81. The van der Waals surface area contributed by atoms with E-state index in [2.05, 4.69) is 41.6 Å². The van der Waals surface area contributed by atoms with Gasteiger partial charge in [0.1, 0.15) is 11.4 Å². The van der Waals surface area contributed by atoms with Crippen LogP contribution < -0.4 is 9.46 Å². The van der Waals surface area contributed by atoms with Crippen molar-refractivity contribution >= 4 is 58.7 Å². The largest absolute Gasteiger partial charge is 0.497 e. The highest BCUT2D eigenvalue weighted by Gasteiger charge is 2.21.